The minimum atomic E-state index is -4.97. The van der Waals surface area contributed by atoms with Crippen LogP contribution in [-0.2, 0) is 33.4 Å². The molecule has 1 amide bonds. The lowest BCUT2D eigenvalue weighted by Gasteiger charge is -2.30. The number of benzene rings is 2. The second kappa shape index (κ2) is 8.73. The molecule has 1 unspecified atom stereocenters. The molecule has 1 fully saturated rings. The van der Waals surface area contributed by atoms with Gasteiger partial charge in [0.2, 0.25) is 10.0 Å². The predicted molar refractivity (Wildman–Crippen MR) is 115 cm³/mol. The highest BCUT2D eigenvalue weighted by Crippen LogP contribution is 2.35. The predicted octanol–water partition coefficient (Wildman–Crippen LogP) is 3.20. The van der Waals surface area contributed by atoms with Gasteiger partial charge in [-0.3, -0.25) is 4.79 Å². The smallest absolute Gasteiger partial charge is 0.385 e. The standard InChI is InChI=1S/C23H25F3N2O4S/c24-23(25,26)21(29)27-13-9-17-7-8-20(15-18(17)16-27)33(31,32)28-12-4-10-22(30,11-14-28)19-5-2-1-3-6-19/h1-3,5-8,15,30H,4,9-14,16H2. The molecule has 2 aliphatic rings. The third kappa shape index (κ3) is 4.78. The second-order valence-corrected chi connectivity index (χ2v) is 10.5. The van der Waals surface area contributed by atoms with E-state index in [-0.39, 0.29) is 43.9 Å². The van der Waals surface area contributed by atoms with Gasteiger partial charge in [-0.2, -0.15) is 17.5 Å². The van der Waals surface area contributed by atoms with E-state index >= 15 is 0 Å². The van der Waals surface area contributed by atoms with Crippen molar-refractivity contribution in [1.82, 2.24) is 9.21 Å². The van der Waals surface area contributed by atoms with Gasteiger partial charge in [0.15, 0.2) is 0 Å². The van der Waals surface area contributed by atoms with Crippen molar-refractivity contribution in [1.29, 1.82) is 0 Å². The van der Waals surface area contributed by atoms with Gasteiger partial charge in [0.05, 0.1) is 10.5 Å². The highest BCUT2D eigenvalue weighted by Gasteiger charge is 2.43. The maximum atomic E-state index is 13.3. The summed E-state index contributed by atoms with van der Waals surface area (Å²) in [4.78, 5) is 12.3. The minimum absolute atomic E-state index is 0.0206. The van der Waals surface area contributed by atoms with Crippen LogP contribution in [0.2, 0.25) is 0 Å². The third-order valence-electron chi connectivity index (χ3n) is 6.44. The number of hydrogen-bond acceptors (Lipinski definition) is 4. The molecule has 4 rings (SSSR count). The number of alkyl halides is 3. The number of nitrogens with zero attached hydrogens (tertiary/aromatic N) is 2. The fourth-order valence-electron chi connectivity index (χ4n) is 4.57. The second-order valence-electron chi connectivity index (χ2n) is 8.56. The fraction of sp³-hybridized carbons (Fsp3) is 0.435. The van der Waals surface area contributed by atoms with E-state index in [1.54, 1.807) is 6.07 Å². The van der Waals surface area contributed by atoms with Crippen LogP contribution in [0.25, 0.3) is 0 Å². The van der Waals surface area contributed by atoms with Crippen LogP contribution in [0.1, 0.15) is 36.0 Å². The molecule has 6 nitrogen and oxygen atoms in total. The summed E-state index contributed by atoms with van der Waals surface area (Å²) in [5, 5.41) is 11.1. The molecule has 1 N–H and O–H groups in total. The molecule has 0 aliphatic carbocycles. The van der Waals surface area contributed by atoms with Crippen molar-refractivity contribution < 1.29 is 31.5 Å². The molecule has 10 heteroatoms. The van der Waals surface area contributed by atoms with Crippen LogP contribution in [0.15, 0.2) is 53.4 Å². The largest absolute Gasteiger partial charge is 0.471 e. The van der Waals surface area contributed by atoms with Crippen LogP contribution < -0.4 is 0 Å². The first-order valence-electron chi connectivity index (χ1n) is 10.8. The normalized spacial score (nSPS) is 22.5. The van der Waals surface area contributed by atoms with E-state index in [2.05, 4.69) is 0 Å². The molecule has 2 heterocycles. The number of halogens is 3. The molecule has 0 spiro atoms. The lowest BCUT2D eigenvalue weighted by atomic mass is 9.87. The van der Waals surface area contributed by atoms with Crippen molar-refractivity contribution in [2.24, 2.45) is 0 Å². The number of rotatable bonds is 3. The molecule has 0 bridgehead atoms. The molecule has 2 aliphatic heterocycles. The summed E-state index contributed by atoms with van der Waals surface area (Å²) in [5.41, 5.74) is 0.748. The van der Waals surface area contributed by atoms with Crippen molar-refractivity contribution in [2.75, 3.05) is 19.6 Å². The van der Waals surface area contributed by atoms with Gasteiger partial charge in [-0.15, -0.1) is 0 Å². The van der Waals surface area contributed by atoms with Gasteiger partial charge in [0, 0.05) is 26.2 Å². The number of hydrogen-bond donors (Lipinski definition) is 1. The van der Waals surface area contributed by atoms with Crippen molar-refractivity contribution in [3.05, 3.63) is 65.2 Å². The Bertz CT molecular complexity index is 1140. The van der Waals surface area contributed by atoms with Crippen molar-refractivity contribution >= 4 is 15.9 Å². The Hall–Kier alpha value is -2.43. The van der Waals surface area contributed by atoms with Crippen LogP contribution in [0, 0.1) is 0 Å². The highest BCUT2D eigenvalue weighted by molar-refractivity contribution is 7.89. The van der Waals surface area contributed by atoms with E-state index in [4.69, 9.17) is 0 Å². The average molecular weight is 483 g/mol. The molecule has 2 aromatic rings. The summed E-state index contributed by atoms with van der Waals surface area (Å²) in [7, 11) is -3.92. The quantitative estimate of drug-likeness (QED) is 0.729. The summed E-state index contributed by atoms with van der Waals surface area (Å²) in [6.07, 6.45) is -3.63. The number of carbonyl (C=O) groups is 1. The Balaban J connectivity index is 1.54. The van der Waals surface area contributed by atoms with Crippen molar-refractivity contribution in [3.8, 4) is 0 Å². The van der Waals surface area contributed by atoms with E-state index in [1.807, 2.05) is 30.3 Å². The molecule has 0 aromatic heterocycles. The van der Waals surface area contributed by atoms with Crippen LogP contribution in [-0.4, -0.2) is 54.4 Å². The van der Waals surface area contributed by atoms with Crippen molar-refractivity contribution in [3.63, 3.8) is 0 Å². The summed E-state index contributed by atoms with van der Waals surface area (Å²) in [5.74, 6) is -1.92. The van der Waals surface area contributed by atoms with Crippen LogP contribution in [0.4, 0.5) is 13.2 Å². The summed E-state index contributed by atoms with van der Waals surface area (Å²) < 4.78 is 66.5. The molecule has 0 saturated carbocycles. The zero-order valence-corrected chi connectivity index (χ0v) is 18.7. The van der Waals surface area contributed by atoms with Gasteiger partial charge in [0.1, 0.15) is 0 Å². The van der Waals surface area contributed by atoms with E-state index in [0.717, 1.165) is 11.1 Å². The molecular weight excluding hydrogens is 457 g/mol. The third-order valence-corrected chi connectivity index (χ3v) is 8.34. The lowest BCUT2D eigenvalue weighted by Crippen LogP contribution is -2.43. The lowest BCUT2D eigenvalue weighted by molar-refractivity contribution is -0.186. The maximum Gasteiger partial charge on any atom is 0.471 e. The van der Waals surface area contributed by atoms with Crippen LogP contribution in [0.5, 0.6) is 0 Å². The van der Waals surface area contributed by atoms with Crippen molar-refractivity contribution in [2.45, 2.75) is 48.9 Å². The van der Waals surface area contributed by atoms with Gasteiger partial charge < -0.3 is 10.0 Å². The zero-order chi connectivity index (χ0) is 23.9. The van der Waals surface area contributed by atoms with Crippen LogP contribution >= 0.6 is 0 Å². The summed E-state index contributed by atoms with van der Waals surface area (Å²) in [6.45, 7) is -0.0107. The number of sulfonamides is 1. The fourth-order valence-corrected chi connectivity index (χ4v) is 6.10. The molecule has 1 atom stereocenters. The molecule has 178 valence electrons. The number of aliphatic hydroxyl groups is 1. The first-order valence-corrected chi connectivity index (χ1v) is 12.2. The van der Waals surface area contributed by atoms with E-state index in [1.165, 1.54) is 16.4 Å². The average Bonchev–Trinajstić information content (AvgIpc) is 3.01. The van der Waals surface area contributed by atoms with E-state index in [0.29, 0.717) is 23.3 Å². The van der Waals surface area contributed by atoms with Gasteiger partial charge >= 0.3 is 12.1 Å². The number of carbonyl (C=O) groups excluding carboxylic acids is 1. The Kier molecular flexibility index (Phi) is 6.28. The Morgan fingerprint density at radius 3 is 2.39 bits per heavy atom. The Morgan fingerprint density at radius 1 is 0.970 bits per heavy atom. The minimum Gasteiger partial charge on any atom is -0.385 e. The number of amides is 1. The van der Waals surface area contributed by atoms with Gasteiger partial charge in [-0.05, 0) is 54.5 Å². The first kappa shape index (κ1) is 23.7. The Labute approximate surface area is 190 Å². The van der Waals surface area contributed by atoms with E-state index in [9.17, 15) is 31.5 Å². The Morgan fingerprint density at radius 2 is 1.70 bits per heavy atom. The van der Waals surface area contributed by atoms with Gasteiger partial charge in [0.25, 0.3) is 0 Å². The highest BCUT2D eigenvalue weighted by atomic mass is 32.2. The maximum absolute atomic E-state index is 13.3. The summed E-state index contributed by atoms with van der Waals surface area (Å²) in [6, 6.07) is 13.6. The first-order chi connectivity index (χ1) is 15.5. The van der Waals surface area contributed by atoms with Crippen LogP contribution in [0.3, 0.4) is 0 Å². The van der Waals surface area contributed by atoms with E-state index < -0.39 is 27.7 Å². The monoisotopic (exact) mass is 482 g/mol. The topological polar surface area (TPSA) is 77.9 Å². The summed E-state index contributed by atoms with van der Waals surface area (Å²) >= 11 is 0. The number of fused-ring (bicyclic) bond motifs is 1. The molecular formula is C23H25F3N2O4S. The molecule has 0 radical (unpaired) electrons. The zero-order valence-electron chi connectivity index (χ0n) is 17.9. The molecule has 2 aromatic carbocycles. The molecule has 33 heavy (non-hydrogen) atoms. The SMILES string of the molecule is O=C(N1CCc2ccc(S(=O)(=O)N3CCCC(O)(c4ccccc4)CC3)cc2C1)C(F)(F)F. The molecule has 1 saturated heterocycles. The van der Waals surface area contributed by atoms with Gasteiger partial charge in [-0.1, -0.05) is 36.4 Å². The van der Waals surface area contributed by atoms with Gasteiger partial charge in [-0.25, -0.2) is 8.42 Å².